The number of para-hydroxylation sites is 1. The van der Waals surface area contributed by atoms with E-state index in [1.54, 1.807) is 65.2 Å². The Labute approximate surface area is 119 Å². The van der Waals surface area contributed by atoms with Crippen molar-refractivity contribution in [1.29, 1.82) is 0 Å². The van der Waals surface area contributed by atoms with Gasteiger partial charge in [0.05, 0.1) is 0 Å². The highest BCUT2D eigenvalue weighted by atomic mass is 16.4. The van der Waals surface area contributed by atoms with Crippen LogP contribution < -0.4 is 15.1 Å². The lowest BCUT2D eigenvalue weighted by Crippen LogP contribution is -2.77. The molecule has 1 atom stereocenters. The quantitative estimate of drug-likeness (QED) is 0.622. The largest absolute Gasteiger partial charge is 0.496 e. The molecule has 0 aromatic heterocycles. The summed E-state index contributed by atoms with van der Waals surface area (Å²) in [6, 6.07) is 8.02. The first-order chi connectivity index (χ1) is 9.13. The molecule has 0 heterocycles. The van der Waals surface area contributed by atoms with Crippen molar-refractivity contribution in [2.75, 3.05) is 14.1 Å². The molecule has 0 fully saturated rings. The van der Waals surface area contributed by atoms with Crippen molar-refractivity contribution >= 4 is 17.8 Å². The maximum Gasteiger partial charge on any atom is 0.361 e. The van der Waals surface area contributed by atoms with Crippen LogP contribution in [0.1, 0.15) is 20.8 Å². The molecule has 6 heteroatoms. The number of rotatable bonds is 1. The molecule has 0 saturated heterocycles. The van der Waals surface area contributed by atoms with E-state index in [1.165, 1.54) is 4.90 Å². The van der Waals surface area contributed by atoms with Gasteiger partial charge in [0.1, 0.15) is 5.54 Å². The van der Waals surface area contributed by atoms with E-state index in [0.717, 1.165) is 0 Å². The van der Waals surface area contributed by atoms with E-state index >= 15 is 0 Å². The summed E-state index contributed by atoms with van der Waals surface area (Å²) in [6.07, 6.45) is -1.39. The molecule has 110 valence electrons. The van der Waals surface area contributed by atoms with Gasteiger partial charge in [0.2, 0.25) is 0 Å². The smallest absolute Gasteiger partial charge is 0.361 e. The lowest BCUT2D eigenvalue weighted by Gasteiger charge is -2.45. The standard InChI is InChI=1S/C14H21N3O3/c1-14(2,3)17(13(19)20,15-12(18)16(4)5)11-9-7-6-8-10-11/h6-10H,1-5H3,(H-,15,18,19,20). The van der Waals surface area contributed by atoms with Crippen LogP contribution in [0.15, 0.2) is 30.3 Å². The summed E-state index contributed by atoms with van der Waals surface area (Å²) in [5, 5.41) is 11.9. The number of carboxylic acid groups (broad SMARTS) is 1. The molecule has 1 rings (SSSR count). The minimum Gasteiger partial charge on any atom is -0.496 e. The van der Waals surface area contributed by atoms with E-state index in [2.05, 4.69) is 5.43 Å². The number of benzene rings is 1. The van der Waals surface area contributed by atoms with E-state index in [1.807, 2.05) is 0 Å². The number of carbonyl (C=O) groups excluding carboxylic acids is 2. The van der Waals surface area contributed by atoms with Crippen LogP contribution in [0.3, 0.4) is 0 Å². The van der Waals surface area contributed by atoms with Crippen LogP contribution in [0.5, 0.6) is 0 Å². The molecule has 20 heavy (non-hydrogen) atoms. The molecular weight excluding hydrogens is 258 g/mol. The molecule has 1 aromatic carbocycles. The van der Waals surface area contributed by atoms with Gasteiger partial charge in [-0.15, -0.1) is 4.59 Å². The summed E-state index contributed by atoms with van der Waals surface area (Å²) < 4.78 is -0.787. The van der Waals surface area contributed by atoms with Crippen molar-refractivity contribution in [2.45, 2.75) is 26.3 Å². The van der Waals surface area contributed by atoms with Crippen molar-refractivity contribution in [2.24, 2.45) is 0 Å². The minimum atomic E-state index is -1.39. The van der Waals surface area contributed by atoms with Gasteiger partial charge in [0.25, 0.3) is 6.09 Å². The van der Waals surface area contributed by atoms with Crippen LogP contribution >= 0.6 is 0 Å². The topological polar surface area (TPSA) is 72.5 Å². The zero-order valence-electron chi connectivity index (χ0n) is 12.5. The van der Waals surface area contributed by atoms with E-state index < -0.39 is 22.3 Å². The van der Waals surface area contributed by atoms with Crippen molar-refractivity contribution in [3.8, 4) is 0 Å². The third-order valence-electron chi connectivity index (χ3n) is 3.09. The molecule has 1 aromatic rings. The van der Waals surface area contributed by atoms with Gasteiger partial charge in [0, 0.05) is 26.2 Å². The molecule has 0 spiro atoms. The van der Waals surface area contributed by atoms with Gasteiger partial charge in [0.15, 0.2) is 5.69 Å². The third kappa shape index (κ3) is 2.75. The van der Waals surface area contributed by atoms with Gasteiger partial charge in [-0.1, -0.05) is 18.2 Å². The Morgan fingerprint density at radius 1 is 1.15 bits per heavy atom. The summed E-state index contributed by atoms with van der Waals surface area (Å²) >= 11 is 0. The number of amides is 3. The summed E-state index contributed by atoms with van der Waals surface area (Å²) in [5.74, 6) is 0. The molecule has 3 amide bonds. The molecule has 0 aliphatic carbocycles. The van der Waals surface area contributed by atoms with Gasteiger partial charge in [-0.05, 0) is 20.8 Å². The van der Waals surface area contributed by atoms with Crippen LogP contribution in [0, 0.1) is 0 Å². The predicted octanol–water partition coefficient (Wildman–Crippen LogP) is 1.32. The highest BCUT2D eigenvalue weighted by Gasteiger charge is 2.47. The normalized spacial score (nSPS) is 14.2. The van der Waals surface area contributed by atoms with Crippen molar-refractivity contribution in [3.05, 3.63) is 30.3 Å². The van der Waals surface area contributed by atoms with Crippen molar-refractivity contribution < 1.29 is 14.7 Å². The van der Waals surface area contributed by atoms with Crippen LogP contribution in [0.25, 0.3) is 0 Å². The number of hydrogen-bond acceptors (Lipinski definition) is 3. The maximum absolute atomic E-state index is 12.0. The highest BCUT2D eigenvalue weighted by molar-refractivity contribution is 5.86. The van der Waals surface area contributed by atoms with E-state index in [4.69, 9.17) is 0 Å². The third-order valence-corrected chi connectivity index (χ3v) is 3.09. The average molecular weight is 279 g/mol. The molecule has 0 aliphatic heterocycles. The van der Waals surface area contributed by atoms with E-state index in [-0.39, 0.29) is 0 Å². The first kappa shape index (κ1) is 16.0. The van der Waals surface area contributed by atoms with Gasteiger partial charge in [-0.3, -0.25) is 0 Å². The van der Waals surface area contributed by atoms with Gasteiger partial charge >= 0.3 is 6.03 Å². The number of nitrogens with zero attached hydrogens (tertiary/aromatic N) is 2. The van der Waals surface area contributed by atoms with Crippen LogP contribution in [-0.2, 0) is 0 Å². The van der Waals surface area contributed by atoms with Gasteiger partial charge < -0.3 is 14.8 Å². The molecule has 1 unspecified atom stereocenters. The second-order valence-electron chi connectivity index (χ2n) is 5.75. The average Bonchev–Trinajstić information content (AvgIpc) is 2.34. The van der Waals surface area contributed by atoms with Crippen molar-refractivity contribution in [1.82, 2.24) is 14.9 Å². The summed E-state index contributed by atoms with van der Waals surface area (Å²) in [6.45, 7) is 5.18. The number of hydrogen-bond donors (Lipinski definition) is 1. The molecular formula is C14H21N3O3. The molecule has 0 aliphatic rings. The number of urea groups is 1. The Balaban J connectivity index is 3.46. The second kappa shape index (κ2) is 5.50. The number of quaternary nitrogens is 1. The highest BCUT2D eigenvalue weighted by Crippen LogP contribution is 2.30. The summed E-state index contributed by atoms with van der Waals surface area (Å²) in [7, 11) is 3.10. The first-order valence-corrected chi connectivity index (χ1v) is 6.29. The van der Waals surface area contributed by atoms with Crippen LogP contribution in [-0.4, -0.2) is 36.7 Å². The van der Waals surface area contributed by atoms with Gasteiger partial charge in [-0.2, -0.15) is 5.43 Å². The number of carbonyl (C=O) groups is 2. The van der Waals surface area contributed by atoms with E-state index in [0.29, 0.717) is 5.69 Å². The molecule has 6 nitrogen and oxygen atoms in total. The Hall–Kier alpha value is -2.08. The Kier molecular flexibility index (Phi) is 4.39. The van der Waals surface area contributed by atoms with E-state index in [9.17, 15) is 14.7 Å². The molecule has 0 radical (unpaired) electrons. The monoisotopic (exact) mass is 279 g/mol. The Morgan fingerprint density at radius 2 is 1.65 bits per heavy atom. The molecule has 1 N–H and O–H groups in total. The fourth-order valence-electron chi connectivity index (χ4n) is 1.94. The Morgan fingerprint density at radius 3 is 2.00 bits per heavy atom. The fourth-order valence-corrected chi connectivity index (χ4v) is 1.94. The molecule has 0 saturated carbocycles. The zero-order chi connectivity index (χ0) is 15.6. The van der Waals surface area contributed by atoms with Gasteiger partial charge in [-0.25, -0.2) is 4.79 Å². The maximum atomic E-state index is 12.0. The minimum absolute atomic E-state index is 0.426. The fraction of sp³-hybridized carbons (Fsp3) is 0.429. The number of nitrogens with one attached hydrogen (secondary N) is 1. The van der Waals surface area contributed by atoms with Crippen LogP contribution in [0.2, 0.25) is 0 Å². The first-order valence-electron chi connectivity index (χ1n) is 6.29. The lowest BCUT2D eigenvalue weighted by atomic mass is 10.0. The SMILES string of the molecule is CN(C)C(=O)N[N+](C(=O)[O-])(c1ccccc1)C(C)(C)C. The lowest BCUT2D eigenvalue weighted by molar-refractivity contribution is -0.272. The second-order valence-corrected chi connectivity index (χ2v) is 5.75. The summed E-state index contributed by atoms with van der Waals surface area (Å²) in [4.78, 5) is 25.1. The van der Waals surface area contributed by atoms with Crippen LogP contribution in [0.4, 0.5) is 15.3 Å². The zero-order valence-corrected chi connectivity index (χ0v) is 12.5. The predicted molar refractivity (Wildman–Crippen MR) is 75.6 cm³/mol. The summed E-state index contributed by atoms with van der Waals surface area (Å²) in [5.41, 5.74) is 2.15. The molecule has 0 bridgehead atoms. The Bertz CT molecular complexity index is 494. The van der Waals surface area contributed by atoms with Crippen molar-refractivity contribution in [3.63, 3.8) is 0 Å².